The zero-order valence-corrected chi connectivity index (χ0v) is 15.3. The van der Waals surface area contributed by atoms with Crippen LogP contribution < -0.4 is 15.4 Å². The second-order valence-electron chi connectivity index (χ2n) is 6.53. The van der Waals surface area contributed by atoms with E-state index in [1.165, 1.54) is 0 Å². The fraction of sp³-hybridized carbons (Fsp3) is 0.350. The molecule has 2 aromatic carbocycles. The molecule has 0 aliphatic carbocycles. The third-order valence-electron chi connectivity index (χ3n) is 4.59. The minimum absolute atomic E-state index is 0.369. The first-order valence-corrected chi connectivity index (χ1v) is 9.14. The minimum atomic E-state index is 0.369. The van der Waals surface area contributed by atoms with Crippen molar-refractivity contribution in [2.75, 3.05) is 38.7 Å². The first-order chi connectivity index (χ1) is 13.3. The highest BCUT2D eigenvalue weighted by Crippen LogP contribution is 2.25. The molecule has 7 heteroatoms. The number of nitrogens with one attached hydrogen (secondary N) is 2. The summed E-state index contributed by atoms with van der Waals surface area (Å²) in [4.78, 5) is 13.2. The molecule has 7 nitrogen and oxygen atoms in total. The summed E-state index contributed by atoms with van der Waals surface area (Å²) in [7, 11) is 1.66. The van der Waals surface area contributed by atoms with Gasteiger partial charge in [0.25, 0.3) is 0 Å². The number of rotatable bonds is 7. The van der Waals surface area contributed by atoms with E-state index in [-0.39, 0.29) is 0 Å². The van der Waals surface area contributed by atoms with Crippen LogP contribution in [-0.2, 0) is 4.74 Å². The summed E-state index contributed by atoms with van der Waals surface area (Å²) in [5.74, 6) is 2.13. The number of aromatic nitrogens is 3. The molecule has 2 heterocycles. The molecule has 0 radical (unpaired) electrons. The Morgan fingerprint density at radius 3 is 2.85 bits per heavy atom. The van der Waals surface area contributed by atoms with Crippen LogP contribution in [0.25, 0.3) is 22.2 Å². The third kappa shape index (κ3) is 4.32. The van der Waals surface area contributed by atoms with Crippen molar-refractivity contribution in [3.05, 3.63) is 42.7 Å². The van der Waals surface area contributed by atoms with Crippen LogP contribution in [0.1, 0.15) is 6.42 Å². The average molecular weight is 365 g/mol. The fourth-order valence-electron chi connectivity index (χ4n) is 3.16. The Balaban J connectivity index is 1.53. The van der Waals surface area contributed by atoms with E-state index in [1.807, 2.05) is 24.3 Å². The Kier molecular flexibility index (Phi) is 5.41. The summed E-state index contributed by atoms with van der Waals surface area (Å²) in [5.41, 5.74) is 0.963. The van der Waals surface area contributed by atoms with Crippen LogP contribution in [0.2, 0.25) is 0 Å². The van der Waals surface area contributed by atoms with E-state index in [2.05, 4.69) is 37.7 Å². The van der Waals surface area contributed by atoms with Gasteiger partial charge in [0, 0.05) is 25.3 Å². The number of ether oxygens (including phenoxy) is 2. The molecule has 0 amide bonds. The quantitative estimate of drug-likeness (QED) is 0.623. The molecule has 1 saturated heterocycles. The molecule has 0 spiro atoms. The molecule has 4 rings (SSSR count). The standard InChI is InChI=1S/C20H23N5O2/c1-26-8-9-27-18-5-4-14-10-16(3-2-15(14)11-18)19-22-13-23-20(25-19)24-17-6-7-21-12-17/h2-5,10-11,13,17,21H,6-9,12H2,1H3,(H,22,23,24,25). The van der Waals surface area contributed by atoms with Crippen LogP contribution in [0, 0.1) is 0 Å². The number of fused-ring (bicyclic) bond motifs is 1. The van der Waals surface area contributed by atoms with E-state index < -0.39 is 0 Å². The Labute approximate surface area is 158 Å². The van der Waals surface area contributed by atoms with Crippen molar-refractivity contribution < 1.29 is 9.47 Å². The van der Waals surface area contributed by atoms with E-state index in [0.717, 1.165) is 41.6 Å². The number of methoxy groups -OCH3 is 1. The highest BCUT2D eigenvalue weighted by atomic mass is 16.5. The summed E-state index contributed by atoms with van der Waals surface area (Å²) in [6, 6.07) is 12.6. The summed E-state index contributed by atoms with van der Waals surface area (Å²) in [6.07, 6.45) is 2.63. The van der Waals surface area contributed by atoms with Gasteiger partial charge in [0.2, 0.25) is 5.95 Å². The first-order valence-electron chi connectivity index (χ1n) is 9.14. The highest BCUT2D eigenvalue weighted by Gasteiger charge is 2.15. The van der Waals surface area contributed by atoms with Crippen LogP contribution >= 0.6 is 0 Å². The smallest absolute Gasteiger partial charge is 0.226 e. The molecule has 1 fully saturated rings. The van der Waals surface area contributed by atoms with Gasteiger partial charge in [0.05, 0.1) is 6.61 Å². The summed E-state index contributed by atoms with van der Waals surface area (Å²) < 4.78 is 10.7. The van der Waals surface area contributed by atoms with Gasteiger partial charge in [-0.25, -0.2) is 9.97 Å². The van der Waals surface area contributed by atoms with E-state index in [0.29, 0.717) is 31.0 Å². The molecule has 1 atom stereocenters. The lowest BCUT2D eigenvalue weighted by Gasteiger charge is -2.11. The Hall–Kier alpha value is -2.77. The number of benzene rings is 2. The predicted molar refractivity (Wildman–Crippen MR) is 105 cm³/mol. The van der Waals surface area contributed by atoms with Crippen molar-refractivity contribution in [3.63, 3.8) is 0 Å². The van der Waals surface area contributed by atoms with Gasteiger partial charge in [-0.05, 0) is 41.9 Å². The SMILES string of the molecule is COCCOc1ccc2cc(-c3ncnc(NC4CCNC4)n3)ccc2c1. The molecular formula is C20H23N5O2. The van der Waals surface area contributed by atoms with E-state index >= 15 is 0 Å². The zero-order valence-electron chi connectivity index (χ0n) is 15.3. The van der Waals surface area contributed by atoms with Crippen LogP contribution in [0.3, 0.4) is 0 Å². The largest absolute Gasteiger partial charge is 0.491 e. The van der Waals surface area contributed by atoms with Gasteiger partial charge in [-0.1, -0.05) is 18.2 Å². The Morgan fingerprint density at radius 1 is 1.11 bits per heavy atom. The van der Waals surface area contributed by atoms with Gasteiger partial charge < -0.3 is 20.1 Å². The molecule has 0 bridgehead atoms. The molecule has 3 aromatic rings. The normalized spacial score (nSPS) is 16.6. The lowest BCUT2D eigenvalue weighted by Crippen LogP contribution is -2.23. The average Bonchev–Trinajstić information content (AvgIpc) is 3.21. The Bertz CT molecular complexity index is 912. The van der Waals surface area contributed by atoms with E-state index in [9.17, 15) is 0 Å². The summed E-state index contributed by atoms with van der Waals surface area (Å²) >= 11 is 0. The van der Waals surface area contributed by atoms with Crippen molar-refractivity contribution >= 4 is 16.7 Å². The van der Waals surface area contributed by atoms with Crippen LogP contribution in [0.5, 0.6) is 5.75 Å². The number of hydrogen-bond acceptors (Lipinski definition) is 7. The molecule has 0 saturated carbocycles. The highest BCUT2D eigenvalue weighted by molar-refractivity contribution is 5.87. The van der Waals surface area contributed by atoms with Crippen molar-refractivity contribution in [2.24, 2.45) is 0 Å². The predicted octanol–water partition coefficient (Wildman–Crippen LogP) is 2.49. The van der Waals surface area contributed by atoms with Crippen molar-refractivity contribution in [2.45, 2.75) is 12.5 Å². The maximum Gasteiger partial charge on any atom is 0.226 e. The van der Waals surface area contributed by atoms with Crippen LogP contribution in [0.4, 0.5) is 5.95 Å². The molecule has 1 aliphatic rings. The summed E-state index contributed by atoms with van der Waals surface area (Å²) in [6.45, 7) is 3.07. The van der Waals surface area contributed by atoms with E-state index in [4.69, 9.17) is 9.47 Å². The number of hydrogen-bond donors (Lipinski definition) is 2. The van der Waals surface area contributed by atoms with Gasteiger partial charge in [-0.3, -0.25) is 0 Å². The third-order valence-corrected chi connectivity index (χ3v) is 4.59. The second kappa shape index (κ2) is 8.28. The van der Waals surface area contributed by atoms with Crippen molar-refractivity contribution in [1.29, 1.82) is 0 Å². The molecule has 1 aromatic heterocycles. The van der Waals surface area contributed by atoms with Crippen LogP contribution in [-0.4, -0.2) is 54.4 Å². The van der Waals surface area contributed by atoms with Gasteiger partial charge >= 0.3 is 0 Å². The summed E-state index contributed by atoms with van der Waals surface area (Å²) in [5, 5.41) is 8.92. The van der Waals surface area contributed by atoms with Gasteiger partial charge in [-0.15, -0.1) is 0 Å². The number of nitrogens with zero attached hydrogens (tertiary/aromatic N) is 3. The lowest BCUT2D eigenvalue weighted by atomic mass is 10.1. The first kappa shape index (κ1) is 17.6. The monoisotopic (exact) mass is 365 g/mol. The maximum absolute atomic E-state index is 5.68. The zero-order chi connectivity index (χ0) is 18.5. The van der Waals surface area contributed by atoms with Crippen molar-refractivity contribution in [1.82, 2.24) is 20.3 Å². The lowest BCUT2D eigenvalue weighted by molar-refractivity contribution is 0.146. The van der Waals surface area contributed by atoms with Gasteiger partial charge in [0.1, 0.15) is 18.7 Å². The molecule has 2 N–H and O–H groups in total. The maximum atomic E-state index is 5.68. The molecule has 140 valence electrons. The fourth-order valence-corrected chi connectivity index (χ4v) is 3.16. The van der Waals surface area contributed by atoms with Crippen LogP contribution in [0.15, 0.2) is 42.7 Å². The molecular weight excluding hydrogens is 342 g/mol. The molecule has 1 unspecified atom stereocenters. The second-order valence-corrected chi connectivity index (χ2v) is 6.53. The van der Waals surface area contributed by atoms with Gasteiger partial charge in [-0.2, -0.15) is 4.98 Å². The number of anilines is 1. The molecule has 1 aliphatic heterocycles. The minimum Gasteiger partial charge on any atom is -0.491 e. The van der Waals surface area contributed by atoms with Gasteiger partial charge in [0.15, 0.2) is 5.82 Å². The van der Waals surface area contributed by atoms with E-state index in [1.54, 1.807) is 13.4 Å². The molecule has 27 heavy (non-hydrogen) atoms. The Morgan fingerprint density at radius 2 is 2.00 bits per heavy atom. The topological polar surface area (TPSA) is 81.2 Å². The van der Waals surface area contributed by atoms with Crippen molar-refractivity contribution in [3.8, 4) is 17.1 Å².